The van der Waals surface area contributed by atoms with Gasteiger partial charge in [0.1, 0.15) is 5.82 Å². The highest BCUT2D eigenvalue weighted by Crippen LogP contribution is 2.22. The van der Waals surface area contributed by atoms with Crippen molar-refractivity contribution in [1.82, 2.24) is 10.2 Å². The lowest BCUT2D eigenvalue weighted by Crippen LogP contribution is -1.89. The van der Waals surface area contributed by atoms with Gasteiger partial charge in [-0.1, -0.05) is 17.7 Å². The number of benzene rings is 1. The van der Waals surface area contributed by atoms with Crippen molar-refractivity contribution in [3.05, 3.63) is 35.4 Å². The van der Waals surface area contributed by atoms with Gasteiger partial charge in [-0.2, -0.15) is 5.10 Å². The Labute approximate surface area is 87.1 Å². The molecule has 0 aliphatic rings. The van der Waals surface area contributed by atoms with Crippen LogP contribution in [-0.4, -0.2) is 16.5 Å². The van der Waals surface area contributed by atoms with Crippen molar-refractivity contribution in [2.75, 3.05) is 5.73 Å². The van der Waals surface area contributed by atoms with Crippen molar-refractivity contribution in [2.45, 2.75) is 6.92 Å². The summed E-state index contributed by atoms with van der Waals surface area (Å²) < 4.78 is 0. The van der Waals surface area contributed by atoms with E-state index in [9.17, 15) is 4.79 Å². The van der Waals surface area contributed by atoms with E-state index >= 15 is 0 Å². The largest absolute Gasteiger partial charge is 0.382 e. The van der Waals surface area contributed by atoms with E-state index in [0.717, 1.165) is 23.1 Å². The van der Waals surface area contributed by atoms with Crippen LogP contribution in [0.5, 0.6) is 0 Å². The third kappa shape index (κ3) is 1.74. The molecule has 0 radical (unpaired) electrons. The number of aromatic amines is 1. The Kier molecular flexibility index (Phi) is 2.25. The molecule has 2 rings (SSSR count). The van der Waals surface area contributed by atoms with Crippen LogP contribution < -0.4 is 5.73 Å². The van der Waals surface area contributed by atoms with Crippen LogP contribution >= 0.6 is 0 Å². The summed E-state index contributed by atoms with van der Waals surface area (Å²) in [6, 6.07) is 7.36. The van der Waals surface area contributed by atoms with E-state index in [2.05, 4.69) is 10.2 Å². The van der Waals surface area contributed by atoms with E-state index < -0.39 is 0 Å². The monoisotopic (exact) mass is 201 g/mol. The number of aldehydes is 1. The van der Waals surface area contributed by atoms with E-state index in [0.29, 0.717) is 11.4 Å². The van der Waals surface area contributed by atoms with Gasteiger partial charge in [0.2, 0.25) is 0 Å². The number of H-pyrrole nitrogens is 1. The second-order valence-corrected chi connectivity index (χ2v) is 3.42. The maximum absolute atomic E-state index is 10.9. The van der Waals surface area contributed by atoms with Gasteiger partial charge in [-0.25, -0.2) is 0 Å². The third-order valence-corrected chi connectivity index (χ3v) is 2.22. The molecule has 1 heterocycles. The van der Waals surface area contributed by atoms with Crippen molar-refractivity contribution in [1.29, 1.82) is 0 Å². The minimum absolute atomic E-state index is 0.419. The Morgan fingerprint density at radius 1 is 1.40 bits per heavy atom. The molecule has 0 aliphatic carbocycles. The summed E-state index contributed by atoms with van der Waals surface area (Å²) in [7, 11) is 0. The number of rotatable bonds is 2. The molecule has 1 aromatic carbocycles. The highest BCUT2D eigenvalue weighted by molar-refractivity contribution is 5.87. The second-order valence-electron chi connectivity index (χ2n) is 3.42. The minimum Gasteiger partial charge on any atom is -0.382 e. The normalized spacial score (nSPS) is 10.2. The number of aromatic nitrogens is 2. The van der Waals surface area contributed by atoms with Crippen molar-refractivity contribution in [3.63, 3.8) is 0 Å². The lowest BCUT2D eigenvalue weighted by molar-refractivity contribution is 0.112. The summed E-state index contributed by atoms with van der Waals surface area (Å²) in [5.41, 5.74) is 8.77. The fraction of sp³-hybridized carbons (Fsp3) is 0.0909. The maximum Gasteiger partial charge on any atom is 0.150 e. The standard InChI is InChI=1S/C11H11N3O/c1-7-2-3-9(8(4-7)6-15)10-5-11(12)14-13-10/h2-6H,1H3,(H3,12,13,14). The first kappa shape index (κ1) is 9.45. The van der Waals surface area contributed by atoms with E-state index in [4.69, 9.17) is 5.73 Å². The zero-order valence-corrected chi connectivity index (χ0v) is 8.32. The predicted molar refractivity (Wildman–Crippen MR) is 58.6 cm³/mol. The number of aryl methyl sites for hydroxylation is 1. The summed E-state index contributed by atoms with van der Waals surface area (Å²) in [6.07, 6.45) is 0.833. The predicted octanol–water partition coefficient (Wildman–Crippen LogP) is 1.78. The Morgan fingerprint density at radius 2 is 2.20 bits per heavy atom. The average Bonchev–Trinajstić information content (AvgIpc) is 2.64. The van der Waals surface area contributed by atoms with Gasteiger partial charge >= 0.3 is 0 Å². The van der Waals surface area contributed by atoms with Gasteiger partial charge in [0.25, 0.3) is 0 Å². The first-order valence-electron chi connectivity index (χ1n) is 4.58. The number of nitrogens with one attached hydrogen (secondary N) is 1. The molecule has 0 fully saturated rings. The summed E-state index contributed by atoms with van der Waals surface area (Å²) in [6.45, 7) is 1.94. The molecular formula is C11H11N3O. The smallest absolute Gasteiger partial charge is 0.150 e. The fourth-order valence-electron chi connectivity index (χ4n) is 1.50. The number of anilines is 1. The van der Waals surface area contributed by atoms with Gasteiger partial charge in [0.15, 0.2) is 6.29 Å². The lowest BCUT2D eigenvalue weighted by atomic mass is 10.0. The first-order chi connectivity index (χ1) is 7.20. The van der Waals surface area contributed by atoms with Gasteiger partial charge in [0, 0.05) is 17.2 Å². The molecule has 4 nitrogen and oxygen atoms in total. The van der Waals surface area contributed by atoms with Gasteiger partial charge < -0.3 is 5.73 Å². The lowest BCUT2D eigenvalue weighted by Gasteiger charge is -2.02. The van der Waals surface area contributed by atoms with Gasteiger partial charge in [0.05, 0.1) is 5.69 Å². The highest BCUT2D eigenvalue weighted by atomic mass is 16.1. The molecule has 0 unspecified atom stereocenters. The van der Waals surface area contributed by atoms with Crippen LogP contribution in [0.3, 0.4) is 0 Å². The number of nitrogen functional groups attached to an aromatic ring is 1. The van der Waals surface area contributed by atoms with Gasteiger partial charge in [-0.15, -0.1) is 0 Å². The number of hydrogen-bond acceptors (Lipinski definition) is 3. The molecule has 1 aromatic heterocycles. The van der Waals surface area contributed by atoms with Crippen LogP contribution in [0.25, 0.3) is 11.3 Å². The molecule has 0 saturated carbocycles. The van der Waals surface area contributed by atoms with Crippen molar-refractivity contribution >= 4 is 12.1 Å². The van der Waals surface area contributed by atoms with Gasteiger partial charge in [-0.05, 0) is 13.0 Å². The summed E-state index contributed by atoms with van der Waals surface area (Å²) >= 11 is 0. The van der Waals surface area contributed by atoms with E-state index in [-0.39, 0.29) is 0 Å². The molecule has 0 atom stereocenters. The van der Waals surface area contributed by atoms with Gasteiger partial charge in [-0.3, -0.25) is 9.89 Å². The second kappa shape index (κ2) is 3.57. The zero-order chi connectivity index (χ0) is 10.8. The molecule has 0 spiro atoms. The average molecular weight is 201 g/mol. The first-order valence-corrected chi connectivity index (χ1v) is 4.58. The number of carbonyl (C=O) groups is 1. The van der Waals surface area contributed by atoms with Crippen molar-refractivity contribution in [2.24, 2.45) is 0 Å². The molecule has 2 aromatic rings. The number of hydrogen-bond donors (Lipinski definition) is 2. The third-order valence-electron chi connectivity index (χ3n) is 2.22. The molecular weight excluding hydrogens is 190 g/mol. The zero-order valence-electron chi connectivity index (χ0n) is 8.32. The molecule has 3 N–H and O–H groups in total. The molecule has 0 bridgehead atoms. The summed E-state index contributed by atoms with van der Waals surface area (Å²) in [5, 5.41) is 6.61. The van der Waals surface area contributed by atoms with Crippen LogP contribution in [0.2, 0.25) is 0 Å². The topological polar surface area (TPSA) is 71.8 Å². The number of nitrogens with zero attached hydrogens (tertiary/aromatic N) is 1. The summed E-state index contributed by atoms with van der Waals surface area (Å²) in [5.74, 6) is 0.419. The molecule has 0 saturated heterocycles. The Bertz CT molecular complexity index is 502. The van der Waals surface area contributed by atoms with E-state index in [1.807, 2.05) is 25.1 Å². The number of nitrogens with two attached hydrogens (primary N) is 1. The number of carbonyl (C=O) groups excluding carboxylic acids is 1. The summed E-state index contributed by atoms with van der Waals surface area (Å²) in [4.78, 5) is 10.9. The van der Waals surface area contributed by atoms with Crippen LogP contribution in [0, 0.1) is 6.92 Å². The van der Waals surface area contributed by atoms with Crippen LogP contribution in [0.4, 0.5) is 5.82 Å². The Balaban J connectivity index is 2.57. The molecule has 76 valence electrons. The molecule has 4 heteroatoms. The minimum atomic E-state index is 0.419. The maximum atomic E-state index is 10.9. The molecule has 0 aliphatic heterocycles. The van der Waals surface area contributed by atoms with Crippen LogP contribution in [0.1, 0.15) is 15.9 Å². The van der Waals surface area contributed by atoms with E-state index in [1.54, 1.807) is 6.07 Å². The molecule has 15 heavy (non-hydrogen) atoms. The highest BCUT2D eigenvalue weighted by Gasteiger charge is 2.06. The van der Waals surface area contributed by atoms with Crippen LogP contribution in [-0.2, 0) is 0 Å². The fourth-order valence-corrected chi connectivity index (χ4v) is 1.50. The molecule has 0 amide bonds. The SMILES string of the molecule is Cc1ccc(-c2cc(N)n[nH]2)c(C=O)c1. The Morgan fingerprint density at radius 3 is 2.80 bits per heavy atom. The van der Waals surface area contributed by atoms with E-state index in [1.165, 1.54) is 0 Å². The quantitative estimate of drug-likeness (QED) is 0.727. The van der Waals surface area contributed by atoms with Crippen LogP contribution in [0.15, 0.2) is 24.3 Å². The van der Waals surface area contributed by atoms with Crippen molar-refractivity contribution < 1.29 is 4.79 Å². The van der Waals surface area contributed by atoms with Crippen molar-refractivity contribution in [3.8, 4) is 11.3 Å². The Hall–Kier alpha value is -2.10.